The van der Waals surface area contributed by atoms with E-state index >= 15 is 0 Å². The van der Waals surface area contributed by atoms with Crippen molar-refractivity contribution in [2.45, 2.75) is 25.2 Å². The molecule has 1 rings (SSSR count). The van der Waals surface area contributed by atoms with Gasteiger partial charge in [-0.1, -0.05) is 15.9 Å². The quantitative estimate of drug-likeness (QED) is 0.860. The topological polar surface area (TPSA) is 37.3 Å². The summed E-state index contributed by atoms with van der Waals surface area (Å²) in [6.45, 7) is 4.07. The third kappa shape index (κ3) is 3.87. The third-order valence-corrected chi connectivity index (χ3v) is 4.04. The Morgan fingerprint density at radius 1 is 1.40 bits per heavy atom. The summed E-state index contributed by atoms with van der Waals surface area (Å²) in [7, 11) is 0. The van der Waals surface area contributed by atoms with Crippen molar-refractivity contribution in [2.75, 3.05) is 5.75 Å². The van der Waals surface area contributed by atoms with Crippen LogP contribution in [-0.2, 0) is 4.79 Å². The Hall–Kier alpha value is -0.480. The van der Waals surface area contributed by atoms with Gasteiger partial charge in [0.1, 0.15) is 0 Å². The summed E-state index contributed by atoms with van der Waals surface area (Å²) in [4.78, 5) is 11.5. The van der Waals surface area contributed by atoms with E-state index in [1.54, 1.807) is 11.8 Å². The number of carboxylic acids is 1. The molecule has 0 heterocycles. The van der Waals surface area contributed by atoms with E-state index in [4.69, 9.17) is 5.11 Å². The predicted molar refractivity (Wildman–Crippen MR) is 66.6 cm³/mol. The number of rotatable bonds is 4. The smallest absolute Gasteiger partial charge is 0.304 e. The molecule has 0 spiro atoms. The second-order valence-corrected chi connectivity index (χ2v) is 5.35. The lowest BCUT2D eigenvalue weighted by Crippen LogP contribution is -1.96. The number of benzene rings is 1. The van der Waals surface area contributed by atoms with E-state index in [2.05, 4.69) is 28.1 Å². The van der Waals surface area contributed by atoms with E-state index in [-0.39, 0.29) is 6.42 Å². The van der Waals surface area contributed by atoms with Gasteiger partial charge in [-0.3, -0.25) is 4.79 Å². The van der Waals surface area contributed by atoms with Crippen molar-refractivity contribution in [1.29, 1.82) is 0 Å². The van der Waals surface area contributed by atoms with E-state index in [1.807, 2.05) is 13.8 Å². The van der Waals surface area contributed by atoms with Crippen LogP contribution in [-0.4, -0.2) is 16.8 Å². The second-order valence-electron chi connectivity index (χ2n) is 3.36. The van der Waals surface area contributed by atoms with Gasteiger partial charge in [0.15, 0.2) is 0 Å². The Balaban J connectivity index is 2.69. The Kier molecular flexibility index (Phi) is 4.67. The van der Waals surface area contributed by atoms with Gasteiger partial charge < -0.3 is 5.11 Å². The first kappa shape index (κ1) is 12.6. The zero-order chi connectivity index (χ0) is 11.4. The molecule has 0 radical (unpaired) electrons. The van der Waals surface area contributed by atoms with Crippen LogP contribution in [0.25, 0.3) is 0 Å². The largest absolute Gasteiger partial charge is 0.481 e. The van der Waals surface area contributed by atoms with Gasteiger partial charge >= 0.3 is 5.97 Å². The van der Waals surface area contributed by atoms with Gasteiger partial charge in [0, 0.05) is 15.1 Å². The fourth-order valence-electron chi connectivity index (χ4n) is 1.16. The average molecular weight is 289 g/mol. The predicted octanol–water partition coefficient (Wildman–Crippen LogP) is 3.63. The van der Waals surface area contributed by atoms with E-state index < -0.39 is 5.97 Å². The molecule has 0 aliphatic heterocycles. The van der Waals surface area contributed by atoms with Crippen molar-refractivity contribution in [1.82, 2.24) is 0 Å². The van der Waals surface area contributed by atoms with E-state index in [0.29, 0.717) is 5.75 Å². The Morgan fingerprint density at radius 2 is 2.07 bits per heavy atom. The van der Waals surface area contributed by atoms with Crippen LogP contribution in [0.5, 0.6) is 0 Å². The molecular weight excluding hydrogens is 276 g/mol. The maximum Gasteiger partial charge on any atom is 0.304 e. The second kappa shape index (κ2) is 5.56. The van der Waals surface area contributed by atoms with E-state index in [1.165, 1.54) is 11.1 Å². The summed E-state index contributed by atoms with van der Waals surface area (Å²) in [5.41, 5.74) is 2.36. The van der Waals surface area contributed by atoms with Crippen LogP contribution in [0.15, 0.2) is 21.5 Å². The molecule has 0 saturated carbocycles. The zero-order valence-electron chi connectivity index (χ0n) is 8.71. The molecule has 15 heavy (non-hydrogen) atoms. The lowest BCUT2D eigenvalue weighted by Gasteiger charge is -2.07. The van der Waals surface area contributed by atoms with Gasteiger partial charge in [0.05, 0.1) is 6.42 Å². The molecule has 2 nitrogen and oxygen atoms in total. The number of halogens is 1. The minimum absolute atomic E-state index is 0.208. The fraction of sp³-hybridized carbons (Fsp3) is 0.364. The number of aliphatic carboxylic acids is 1. The summed E-state index contributed by atoms with van der Waals surface area (Å²) in [5.74, 6) is -0.119. The summed E-state index contributed by atoms with van der Waals surface area (Å²) in [6.07, 6.45) is 0.208. The molecule has 0 aromatic heterocycles. The first-order valence-electron chi connectivity index (χ1n) is 4.62. The minimum Gasteiger partial charge on any atom is -0.481 e. The van der Waals surface area contributed by atoms with Gasteiger partial charge in [-0.15, -0.1) is 11.8 Å². The SMILES string of the molecule is Cc1cc(SCCC(=O)O)c(C)cc1Br. The zero-order valence-corrected chi connectivity index (χ0v) is 11.1. The van der Waals surface area contributed by atoms with Crippen molar-refractivity contribution in [2.24, 2.45) is 0 Å². The van der Waals surface area contributed by atoms with E-state index in [0.717, 1.165) is 9.37 Å². The molecule has 1 aromatic carbocycles. The van der Waals surface area contributed by atoms with Gasteiger partial charge in [0.2, 0.25) is 0 Å². The maximum absolute atomic E-state index is 10.4. The first-order chi connectivity index (χ1) is 7.00. The average Bonchev–Trinajstić information content (AvgIpc) is 2.13. The van der Waals surface area contributed by atoms with E-state index in [9.17, 15) is 4.79 Å². The van der Waals surface area contributed by atoms with Crippen molar-refractivity contribution in [3.63, 3.8) is 0 Å². The van der Waals surface area contributed by atoms with Crippen molar-refractivity contribution in [3.05, 3.63) is 27.7 Å². The highest BCUT2D eigenvalue weighted by Gasteiger charge is 2.04. The highest BCUT2D eigenvalue weighted by molar-refractivity contribution is 9.10. The molecule has 0 unspecified atom stereocenters. The molecule has 0 aliphatic carbocycles. The molecule has 0 bridgehead atoms. The maximum atomic E-state index is 10.4. The van der Waals surface area contributed by atoms with Crippen molar-refractivity contribution < 1.29 is 9.90 Å². The summed E-state index contributed by atoms with van der Waals surface area (Å²) < 4.78 is 1.10. The van der Waals surface area contributed by atoms with Crippen molar-refractivity contribution >= 4 is 33.7 Å². The third-order valence-electron chi connectivity index (χ3n) is 2.03. The lowest BCUT2D eigenvalue weighted by atomic mass is 10.2. The summed E-state index contributed by atoms with van der Waals surface area (Å²) in [6, 6.07) is 4.16. The molecule has 1 aromatic rings. The first-order valence-corrected chi connectivity index (χ1v) is 6.40. The van der Waals surface area contributed by atoms with Crippen LogP contribution < -0.4 is 0 Å². The van der Waals surface area contributed by atoms with Crippen LogP contribution in [0.2, 0.25) is 0 Å². The van der Waals surface area contributed by atoms with Crippen LogP contribution in [0.3, 0.4) is 0 Å². The van der Waals surface area contributed by atoms with Gasteiger partial charge in [-0.2, -0.15) is 0 Å². The molecule has 0 saturated heterocycles. The highest BCUT2D eigenvalue weighted by atomic mass is 79.9. The van der Waals surface area contributed by atoms with Crippen LogP contribution in [0, 0.1) is 13.8 Å². The number of carboxylic acid groups (broad SMARTS) is 1. The molecule has 4 heteroatoms. The fourth-order valence-corrected chi connectivity index (χ4v) is 2.66. The molecule has 0 fully saturated rings. The van der Waals surface area contributed by atoms with Crippen molar-refractivity contribution in [3.8, 4) is 0 Å². The number of hydrogen-bond donors (Lipinski definition) is 1. The Labute approximate surface area is 102 Å². The van der Waals surface area contributed by atoms with Gasteiger partial charge in [0.25, 0.3) is 0 Å². The molecule has 0 atom stereocenters. The number of aryl methyl sites for hydroxylation is 2. The standard InChI is InChI=1S/C11H13BrO2S/c1-7-6-10(8(2)5-9(7)12)15-4-3-11(13)14/h5-6H,3-4H2,1-2H3,(H,13,14). The molecule has 0 aliphatic rings. The van der Waals surface area contributed by atoms with Gasteiger partial charge in [-0.05, 0) is 37.1 Å². The Bertz CT molecular complexity index is 377. The lowest BCUT2D eigenvalue weighted by molar-refractivity contribution is -0.136. The number of hydrogen-bond acceptors (Lipinski definition) is 2. The normalized spacial score (nSPS) is 10.3. The Morgan fingerprint density at radius 3 is 2.67 bits per heavy atom. The molecular formula is C11H13BrO2S. The molecule has 1 N–H and O–H groups in total. The highest BCUT2D eigenvalue weighted by Crippen LogP contribution is 2.28. The number of carbonyl (C=O) groups is 1. The summed E-state index contributed by atoms with van der Waals surface area (Å²) in [5, 5.41) is 8.54. The van der Waals surface area contributed by atoms with Crippen LogP contribution in [0.1, 0.15) is 17.5 Å². The van der Waals surface area contributed by atoms with Crippen LogP contribution >= 0.6 is 27.7 Å². The number of thioether (sulfide) groups is 1. The molecule has 0 amide bonds. The summed E-state index contributed by atoms with van der Waals surface area (Å²) >= 11 is 5.06. The minimum atomic E-state index is -0.742. The molecule has 82 valence electrons. The van der Waals surface area contributed by atoms with Gasteiger partial charge in [-0.25, -0.2) is 0 Å². The monoisotopic (exact) mass is 288 g/mol. The van der Waals surface area contributed by atoms with Crippen LogP contribution in [0.4, 0.5) is 0 Å².